The number of hydrogen-bond donors (Lipinski definition) is 1. The van der Waals surface area contributed by atoms with Gasteiger partial charge in [-0.05, 0) is 19.4 Å². The number of phenols is 1. The van der Waals surface area contributed by atoms with Gasteiger partial charge in [0.25, 0.3) is 0 Å². The van der Waals surface area contributed by atoms with Crippen LogP contribution in [0.2, 0.25) is 0 Å². The maximum atomic E-state index is 9.60. The monoisotopic (exact) mass is 176 g/mol. The van der Waals surface area contributed by atoms with Gasteiger partial charge in [-0.2, -0.15) is 0 Å². The molecule has 0 aliphatic heterocycles. The number of benzene rings is 1. The molecule has 1 N–H and O–H groups in total. The van der Waals surface area contributed by atoms with Gasteiger partial charge >= 0.3 is 0 Å². The number of phenolic OH excluding ortho intramolecular Hbond substituents is 1. The SMILES string of the molecule is C/C=C\C(CC)c1ccccc1O. The summed E-state index contributed by atoms with van der Waals surface area (Å²) in [5.41, 5.74) is 1.02. The van der Waals surface area contributed by atoms with E-state index in [4.69, 9.17) is 0 Å². The third-order valence-corrected chi connectivity index (χ3v) is 2.20. The summed E-state index contributed by atoms with van der Waals surface area (Å²) in [6, 6.07) is 7.52. The molecule has 0 spiro atoms. The zero-order chi connectivity index (χ0) is 9.68. The third kappa shape index (κ3) is 2.35. The van der Waals surface area contributed by atoms with E-state index in [0.717, 1.165) is 12.0 Å². The molecule has 0 saturated heterocycles. The van der Waals surface area contributed by atoms with Gasteiger partial charge in [0, 0.05) is 11.5 Å². The normalized spacial score (nSPS) is 13.4. The number of allylic oxidation sites excluding steroid dienone is 2. The van der Waals surface area contributed by atoms with Gasteiger partial charge in [-0.3, -0.25) is 0 Å². The fourth-order valence-electron chi connectivity index (χ4n) is 1.49. The molecule has 1 atom stereocenters. The summed E-state index contributed by atoms with van der Waals surface area (Å²) in [5.74, 6) is 0.735. The van der Waals surface area contributed by atoms with Gasteiger partial charge < -0.3 is 5.11 Å². The molecule has 70 valence electrons. The van der Waals surface area contributed by atoms with E-state index < -0.39 is 0 Å². The molecule has 0 aromatic heterocycles. The van der Waals surface area contributed by atoms with Crippen LogP contribution in [0.4, 0.5) is 0 Å². The second-order valence-electron chi connectivity index (χ2n) is 3.10. The molecular formula is C12H16O. The lowest BCUT2D eigenvalue weighted by Gasteiger charge is -2.11. The van der Waals surface area contributed by atoms with Crippen LogP contribution in [0.15, 0.2) is 36.4 Å². The van der Waals surface area contributed by atoms with Crippen molar-refractivity contribution in [3.63, 3.8) is 0 Å². The molecule has 0 aliphatic carbocycles. The van der Waals surface area contributed by atoms with Crippen LogP contribution in [0.3, 0.4) is 0 Å². The minimum atomic E-state index is 0.339. The smallest absolute Gasteiger partial charge is 0.119 e. The van der Waals surface area contributed by atoms with E-state index in [9.17, 15) is 5.11 Å². The lowest BCUT2D eigenvalue weighted by molar-refractivity contribution is 0.464. The van der Waals surface area contributed by atoms with E-state index in [0.29, 0.717) is 11.7 Å². The van der Waals surface area contributed by atoms with Gasteiger partial charge in [0.15, 0.2) is 0 Å². The Hall–Kier alpha value is -1.24. The second-order valence-corrected chi connectivity index (χ2v) is 3.10. The van der Waals surface area contributed by atoms with Crippen molar-refractivity contribution in [1.82, 2.24) is 0 Å². The first kappa shape index (κ1) is 9.85. The summed E-state index contributed by atoms with van der Waals surface area (Å²) in [7, 11) is 0. The first-order chi connectivity index (χ1) is 6.29. The quantitative estimate of drug-likeness (QED) is 0.699. The van der Waals surface area contributed by atoms with E-state index in [1.807, 2.05) is 31.2 Å². The lowest BCUT2D eigenvalue weighted by Crippen LogP contribution is -1.93. The van der Waals surface area contributed by atoms with Gasteiger partial charge in [0.05, 0.1) is 0 Å². The highest BCUT2D eigenvalue weighted by molar-refractivity contribution is 5.36. The first-order valence-electron chi connectivity index (χ1n) is 4.70. The Bertz CT molecular complexity index is 289. The van der Waals surface area contributed by atoms with Crippen molar-refractivity contribution in [3.8, 4) is 5.75 Å². The average Bonchev–Trinajstić information content (AvgIpc) is 2.16. The molecule has 1 unspecified atom stereocenters. The standard InChI is InChI=1S/C12H16O/c1-3-7-10(4-2)11-8-5-6-9-12(11)13/h3,5-10,13H,4H2,1-2H3/b7-3-. The van der Waals surface area contributed by atoms with Gasteiger partial charge in [0.1, 0.15) is 5.75 Å². The summed E-state index contributed by atoms with van der Waals surface area (Å²) in [4.78, 5) is 0. The predicted octanol–water partition coefficient (Wildman–Crippen LogP) is 3.46. The molecule has 0 bridgehead atoms. The minimum absolute atomic E-state index is 0.339. The third-order valence-electron chi connectivity index (χ3n) is 2.20. The molecule has 0 saturated carbocycles. The fraction of sp³-hybridized carbons (Fsp3) is 0.333. The minimum Gasteiger partial charge on any atom is -0.508 e. The highest BCUT2D eigenvalue weighted by atomic mass is 16.3. The van der Waals surface area contributed by atoms with Gasteiger partial charge in [-0.25, -0.2) is 0 Å². The van der Waals surface area contributed by atoms with Crippen LogP contribution in [-0.4, -0.2) is 5.11 Å². The van der Waals surface area contributed by atoms with Crippen LogP contribution in [0.25, 0.3) is 0 Å². The van der Waals surface area contributed by atoms with Crippen molar-refractivity contribution in [2.45, 2.75) is 26.2 Å². The van der Waals surface area contributed by atoms with Crippen molar-refractivity contribution in [1.29, 1.82) is 0 Å². The average molecular weight is 176 g/mol. The van der Waals surface area contributed by atoms with Crippen molar-refractivity contribution in [2.75, 3.05) is 0 Å². The Labute approximate surface area is 79.7 Å². The Morgan fingerprint density at radius 3 is 2.62 bits per heavy atom. The maximum absolute atomic E-state index is 9.60. The van der Waals surface area contributed by atoms with E-state index in [1.54, 1.807) is 6.07 Å². The van der Waals surface area contributed by atoms with Crippen LogP contribution in [-0.2, 0) is 0 Å². The lowest BCUT2D eigenvalue weighted by atomic mass is 9.95. The van der Waals surface area contributed by atoms with Gasteiger partial charge in [-0.1, -0.05) is 37.3 Å². The zero-order valence-corrected chi connectivity index (χ0v) is 8.20. The molecule has 1 heteroatoms. The van der Waals surface area contributed by atoms with Crippen molar-refractivity contribution >= 4 is 0 Å². The molecule has 1 nitrogen and oxygen atoms in total. The molecule has 1 rings (SSSR count). The summed E-state index contributed by atoms with van der Waals surface area (Å²) in [6.45, 7) is 4.12. The van der Waals surface area contributed by atoms with E-state index in [1.165, 1.54) is 0 Å². The van der Waals surface area contributed by atoms with Crippen LogP contribution in [0, 0.1) is 0 Å². The highest BCUT2D eigenvalue weighted by Gasteiger charge is 2.08. The number of para-hydroxylation sites is 1. The van der Waals surface area contributed by atoms with Gasteiger partial charge in [0.2, 0.25) is 0 Å². The number of rotatable bonds is 3. The first-order valence-corrected chi connectivity index (χ1v) is 4.70. The summed E-state index contributed by atoms with van der Waals surface area (Å²) < 4.78 is 0. The number of hydrogen-bond acceptors (Lipinski definition) is 1. The van der Waals surface area contributed by atoms with Crippen LogP contribution >= 0.6 is 0 Å². The molecular weight excluding hydrogens is 160 g/mol. The second kappa shape index (κ2) is 4.70. The van der Waals surface area contributed by atoms with Crippen molar-refractivity contribution < 1.29 is 5.11 Å². The predicted molar refractivity (Wildman–Crippen MR) is 56.0 cm³/mol. The van der Waals surface area contributed by atoms with E-state index in [2.05, 4.69) is 13.0 Å². The molecule has 0 aliphatic rings. The fourth-order valence-corrected chi connectivity index (χ4v) is 1.49. The van der Waals surface area contributed by atoms with E-state index in [-0.39, 0.29) is 0 Å². The van der Waals surface area contributed by atoms with Crippen LogP contribution in [0.5, 0.6) is 5.75 Å². The highest BCUT2D eigenvalue weighted by Crippen LogP contribution is 2.28. The Morgan fingerprint density at radius 1 is 1.38 bits per heavy atom. The van der Waals surface area contributed by atoms with Gasteiger partial charge in [-0.15, -0.1) is 0 Å². The Kier molecular flexibility index (Phi) is 3.56. The molecule has 13 heavy (non-hydrogen) atoms. The zero-order valence-electron chi connectivity index (χ0n) is 8.20. The summed E-state index contributed by atoms with van der Waals surface area (Å²) in [5, 5.41) is 9.60. The maximum Gasteiger partial charge on any atom is 0.119 e. The largest absolute Gasteiger partial charge is 0.508 e. The molecule has 1 aromatic rings. The number of aromatic hydroxyl groups is 1. The Morgan fingerprint density at radius 2 is 2.08 bits per heavy atom. The van der Waals surface area contributed by atoms with Crippen molar-refractivity contribution in [3.05, 3.63) is 42.0 Å². The summed E-state index contributed by atoms with van der Waals surface area (Å²) >= 11 is 0. The molecule has 0 fully saturated rings. The van der Waals surface area contributed by atoms with Crippen LogP contribution < -0.4 is 0 Å². The molecule has 0 radical (unpaired) electrons. The topological polar surface area (TPSA) is 20.2 Å². The molecule has 1 aromatic carbocycles. The van der Waals surface area contributed by atoms with E-state index >= 15 is 0 Å². The molecule has 0 amide bonds. The molecule has 0 heterocycles. The van der Waals surface area contributed by atoms with Crippen molar-refractivity contribution in [2.24, 2.45) is 0 Å². The van der Waals surface area contributed by atoms with Crippen LogP contribution in [0.1, 0.15) is 31.7 Å². The Balaban J connectivity index is 2.97. The summed E-state index contributed by atoms with van der Waals surface area (Å²) in [6.07, 6.45) is 5.16.